The van der Waals surface area contributed by atoms with Gasteiger partial charge in [0.05, 0.1) is 23.1 Å². The lowest BCUT2D eigenvalue weighted by molar-refractivity contribution is -0.137. The summed E-state index contributed by atoms with van der Waals surface area (Å²) in [5.74, 6) is 0.232. The zero-order chi connectivity index (χ0) is 26.1. The number of anilines is 1. The highest BCUT2D eigenvalue weighted by molar-refractivity contribution is 7.92. The van der Waals surface area contributed by atoms with E-state index in [0.717, 1.165) is 24.6 Å². The van der Waals surface area contributed by atoms with E-state index in [0.29, 0.717) is 0 Å². The molecule has 0 spiro atoms. The molecule has 182 valence electrons. The second-order valence-electron chi connectivity index (χ2n) is 8.54. The summed E-state index contributed by atoms with van der Waals surface area (Å²) in [4.78, 5) is 16.6. The molecule has 11 heteroatoms. The highest BCUT2D eigenvalue weighted by atomic mass is 32.2. The molecule has 0 unspecified atom stereocenters. The number of carbonyl (C=O) groups excluding carboxylic acids is 1. The first-order chi connectivity index (χ1) is 15.4. The number of nitrogens with one attached hydrogen (secondary N) is 2. The lowest BCUT2D eigenvalue weighted by atomic mass is 9.89. The Morgan fingerprint density at radius 2 is 1.82 bits per heavy atom. The van der Waals surface area contributed by atoms with Gasteiger partial charge < -0.3 is 5.32 Å². The number of nitrogens with zero attached hydrogens (tertiary/aromatic N) is 1. The molecular weight excluding hydrogens is 474 g/mol. The van der Waals surface area contributed by atoms with Crippen LogP contribution in [-0.2, 0) is 33.0 Å². The maximum absolute atomic E-state index is 14.4. The SMILES string of the molecule is C#Cc1cc(CNC(=O)C(=C)c2cnc(C(C)(C)C)cc2C(F)(F)F)cc(F)c1NS(C)(=O)=O. The zero-order valence-corrected chi connectivity index (χ0v) is 19.7. The van der Waals surface area contributed by atoms with E-state index in [1.54, 1.807) is 20.8 Å². The highest BCUT2D eigenvalue weighted by Gasteiger charge is 2.36. The van der Waals surface area contributed by atoms with Crippen LogP contribution in [0.4, 0.5) is 23.2 Å². The number of carbonyl (C=O) groups is 1. The van der Waals surface area contributed by atoms with Crippen molar-refractivity contribution in [2.45, 2.75) is 38.9 Å². The van der Waals surface area contributed by atoms with Crippen molar-refractivity contribution in [3.63, 3.8) is 0 Å². The number of pyridine rings is 1. The molecule has 2 rings (SSSR count). The van der Waals surface area contributed by atoms with Crippen molar-refractivity contribution in [3.05, 3.63) is 64.7 Å². The van der Waals surface area contributed by atoms with Gasteiger partial charge in [-0.25, -0.2) is 12.8 Å². The molecule has 1 aromatic heterocycles. The van der Waals surface area contributed by atoms with Crippen molar-refractivity contribution in [1.29, 1.82) is 0 Å². The van der Waals surface area contributed by atoms with E-state index in [9.17, 15) is 30.8 Å². The number of alkyl halides is 3. The molecule has 2 N–H and O–H groups in total. The van der Waals surface area contributed by atoms with Gasteiger partial charge in [-0.1, -0.05) is 33.3 Å². The number of amides is 1. The largest absolute Gasteiger partial charge is 0.417 e. The summed E-state index contributed by atoms with van der Waals surface area (Å²) in [7, 11) is -3.81. The number of aromatic nitrogens is 1. The Balaban J connectivity index is 2.30. The molecule has 0 aliphatic carbocycles. The number of hydrogen-bond acceptors (Lipinski definition) is 4. The van der Waals surface area contributed by atoms with Gasteiger partial charge in [0.25, 0.3) is 5.91 Å². The summed E-state index contributed by atoms with van der Waals surface area (Å²) in [5.41, 5.74) is -2.86. The quantitative estimate of drug-likeness (QED) is 0.355. The predicted octanol–water partition coefficient (Wildman–Crippen LogP) is 4.22. The van der Waals surface area contributed by atoms with Gasteiger partial charge in [-0.2, -0.15) is 13.2 Å². The van der Waals surface area contributed by atoms with E-state index in [-0.39, 0.29) is 23.4 Å². The van der Waals surface area contributed by atoms with Gasteiger partial charge >= 0.3 is 6.18 Å². The monoisotopic (exact) mass is 497 g/mol. The van der Waals surface area contributed by atoms with Crippen LogP contribution in [0, 0.1) is 18.2 Å². The van der Waals surface area contributed by atoms with Crippen LogP contribution in [0.2, 0.25) is 0 Å². The first kappa shape index (κ1) is 26.9. The molecule has 0 fully saturated rings. The van der Waals surface area contributed by atoms with E-state index in [2.05, 4.69) is 22.8 Å². The van der Waals surface area contributed by atoms with Crippen molar-refractivity contribution >= 4 is 27.2 Å². The topological polar surface area (TPSA) is 88.2 Å². The number of rotatable bonds is 6. The van der Waals surface area contributed by atoms with Crippen LogP contribution < -0.4 is 10.0 Å². The van der Waals surface area contributed by atoms with Crippen LogP contribution in [0.1, 0.15) is 48.7 Å². The minimum atomic E-state index is -4.76. The minimum absolute atomic E-state index is 0.116. The molecule has 0 radical (unpaired) electrons. The molecule has 1 amide bonds. The van der Waals surface area contributed by atoms with E-state index in [1.807, 2.05) is 4.72 Å². The van der Waals surface area contributed by atoms with Crippen molar-refractivity contribution in [3.8, 4) is 12.3 Å². The van der Waals surface area contributed by atoms with E-state index < -0.39 is 55.7 Å². The second-order valence-corrected chi connectivity index (χ2v) is 10.3. The summed E-state index contributed by atoms with van der Waals surface area (Å²) in [6.07, 6.45) is 2.34. The summed E-state index contributed by atoms with van der Waals surface area (Å²) >= 11 is 0. The number of hydrogen-bond donors (Lipinski definition) is 2. The molecule has 1 heterocycles. The number of benzene rings is 1. The van der Waals surface area contributed by atoms with Crippen LogP contribution in [-0.4, -0.2) is 25.6 Å². The fraction of sp³-hybridized carbons (Fsp3) is 0.304. The molecular formula is C23H23F4N3O3S. The van der Waals surface area contributed by atoms with Crippen LogP contribution in [0.25, 0.3) is 5.57 Å². The molecule has 34 heavy (non-hydrogen) atoms. The average Bonchev–Trinajstić information content (AvgIpc) is 2.70. The van der Waals surface area contributed by atoms with E-state index in [4.69, 9.17) is 6.42 Å². The van der Waals surface area contributed by atoms with Crippen LogP contribution >= 0.6 is 0 Å². The van der Waals surface area contributed by atoms with Gasteiger partial charge in [0.1, 0.15) is 5.82 Å². The van der Waals surface area contributed by atoms with Crippen LogP contribution in [0.3, 0.4) is 0 Å². The third-order valence-corrected chi connectivity index (χ3v) is 5.20. The Morgan fingerprint density at radius 1 is 1.21 bits per heavy atom. The summed E-state index contributed by atoms with van der Waals surface area (Å²) < 4.78 is 80.2. The van der Waals surface area contributed by atoms with E-state index >= 15 is 0 Å². The molecule has 0 atom stereocenters. The summed E-state index contributed by atoms with van der Waals surface area (Å²) in [5, 5.41) is 2.36. The maximum atomic E-state index is 14.4. The lowest BCUT2D eigenvalue weighted by Crippen LogP contribution is -2.25. The van der Waals surface area contributed by atoms with Crippen molar-refractivity contribution < 1.29 is 30.8 Å². The molecule has 6 nitrogen and oxygen atoms in total. The van der Waals surface area contributed by atoms with Gasteiger partial charge in [-0.3, -0.25) is 14.5 Å². The minimum Gasteiger partial charge on any atom is -0.348 e. The number of halogens is 4. The predicted molar refractivity (Wildman–Crippen MR) is 122 cm³/mol. The average molecular weight is 498 g/mol. The van der Waals surface area contributed by atoms with Gasteiger partial charge in [0, 0.05) is 35.0 Å². The summed E-state index contributed by atoms with van der Waals surface area (Å²) in [6, 6.07) is 3.09. The molecule has 0 aliphatic rings. The van der Waals surface area contributed by atoms with Crippen LogP contribution in [0.15, 0.2) is 31.0 Å². The first-order valence-corrected chi connectivity index (χ1v) is 11.6. The van der Waals surface area contributed by atoms with Gasteiger partial charge in [0.15, 0.2) is 0 Å². The maximum Gasteiger partial charge on any atom is 0.417 e. The van der Waals surface area contributed by atoms with Gasteiger partial charge in [-0.15, -0.1) is 6.42 Å². The number of sulfonamides is 1. The van der Waals surface area contributed by atoms with Gasteiger partial charge in [0.2, 0.25) is 10.0 Å². The third-order valence-electron chi connectivity index (χ3n) is 4.62. The highest BCUT2D eigenvalue weighted by Crippen LogP contribution is 2.36. The Kier molecular flexibility index (Phi) is 7.48. The van der Waals surface area contributed by atoms with Crippen molar-refractivity contribution in [2.24, 2.45) is 0 Å². The normalized spacial score (nSPS) is 12.1. The Morgan fingerprint density at radius 3 is 2.32 bits per heavy atom. The van der Waals surface area contributed by atoms with E-state index in [1.165, 1.54) is 6.07 Å². The lowest BCUT2D eigenvalue weighted by Gasteiger charge is -2.21. The molecule has 1 aromatic carbocycles. The Labute approximate surface area is 195 Å². The molecule has 2 aromatic rings. The van der Waals surface area contributed by atoms with Crippen molar-refractivity contribution in [1.82, 2.24) is 10.3 Å². The second kappa shape index (κ2) is 9.46. The first-order valence-electron chi connectivity index (χ1n) is 9.76. The fourth-order valence-electron chi connectivity index (χ4n) is 2.92. The molecule has 0 saturated heterocycles. The molecule has 0 saturated carbocycles. The van der Waals surface area contributed by atoms with Gasteiger partial charge in [-0.05, 0) is 23.8 Å². The van der Waals surface area contributed by atoms with Crippen LogP contribution in [0.5, 0.6) is 0 Å². The summed E-state index contributed by atoms with van der Waals surface area (Å²) in [6.45, 7) is 8.28. The number of terminal acetylenes is 1. The van der Waals surface area contributed by atoms with Crippen molar-refractivity contribution in [2.75, 3.05) is 11.0 Å². The third kappa shape index (κ3) is 6.57. The Hall–Kier alpha value is -3.39. The zero-order valence-electron chi connectivity index (χ0n) is 18.9. The standard InChI is InChI=1S/C23H23F4N3O3S/c1-7-15-8-14(9-18(24)20(15)30-34(6,32)33)11-29-21(31)13(2)16-12-28-19(22(3,4)5)10-17(16)23(25,26)27/h1,8-10,12,30H,2,11H2,3-6H3,(H,29,31). The fourth-order valence-corrected chi connectivity index (χ4v) is 3.50. The smallest absolute Gasteiger partial charge is 0.348 e. The molecule has 0 bridgehead atoms. The Bertz CT molecular complexity index is 1290. The molecule has 0 aliphatic heterocycles.